The first kappa shape index (κ1) is 13.5. The summed E-state index contributed by atoms with van der Waals surface area (Å²) in [6.45, 7) is 6.60. The number of aromatic nitrogens is 2. The molecule has 2 aromatic rings. The molecule has 0 bridgehead atoms. The van der Waals surface area contributed by atoms with Crippen LogP contribution >= 0.6 is 22.9 Å². The molecule has 1 unspecified atom stereocenters. The number of rotatable bonds is 6. The van der Waals surface area contributed by atoms with Crippen LogP contribution in [0.4, 0.5) is 5.13 Å². The van der Waals surface area contributed by atoms with Gasteiger partial charge in [-0.1, -0.05) is 26.8 Å². The van der Waals surface area contributed by atoms with Gasteiger partial charge in [-0.25, -0.2) is 4.98 Å². The third-order valence-corrected chi connectivity index (χ3v) is 4.38. The Morgan fingerprint density at radius 3 is 2.83 bits per heavy atom. The predicted octanol–water partition coefficient (Wildman–Crippen LogP) is 4.36. The lowest BCUT2D eigenvalue weighted by Gasteiger charge is -2.20. The number of hydrogen-bond acceptors (Lipinski definition) is 5. The molecule has 0 saturated heterocycles. The Morgan fingerprint density at radius 2 is 2.22 bits per heavy atom. The molecule has 5 heteroatoms. The second-order valence-corrected chi connectivity index (χ2v) is 6.38. The molecule has 1 atom stereocenters. The van der Waals surface area contributed by atoms with Gasteiger partial charge in [-0.2, -0.15) is 4.37 Å². The molecule has 98 valence electrons. The van der Waals surface area contributed by atoms with Gasteiger partial charge in [0.15, 0.2) is 0 Å². The summed E-state index contributed by atoms with van der Waals surface area (Å²) in [5, 5.41) is 6.57. The average Bonchev–Trinajstić information content (AvgIpc) is 2.96. The van der Waals surface area contributed by atoms with Crippen molar-refractivity contribution in [2.24, 2.45) is 5.92 Å². The first-order chi connectivity index (χ1) is 8.70. The van der Waals surface area contributed by atoms with Crippen molar-refractivity contribution in [2.75, 3.05) is 5.32 Å². The van der Waals surface area contributed by atoms with E-state index in [0.29, 0.717) is 12.0 Å². The molecular formula is C13H19N3S2. The van der Waals surface area contributed by atoms with Crippen LogP contribution in [-0.4, -0.2) is 9.36 Å². The number of aryl methyl sites for hydroxylation is 1. The predicted molar refractivity (Wildman–Crippen MR) is 79.4 cm³/mol. The molecule has 0 saturated carbocycles. The largest absolute Gasteiger partial charge is 0.352 e. The summed E-state index contributed by atoms with van der Waals surface area (Å²) >= 11 is 3.25. The second-order valence-electron chi connectivity index (χ2n) is 4.65. The Kier molecular flexibility index (Phi) is 4.72. The zero-order valence-electron chi connectivity index (χ0n) is 11.0. The van der Waals surface area contributed by atoms with E-state index in [2.05, 4.69) is 53.0 Å². The van der Waals surface area contributed by atoms with Gasteiger partial charge >= 0.3 is 0 Å². The van der Waals surface area contributed by atoms with E-state index in [1.165, 1.54) is 16.4 Å². The molecule has 0 aliphatic heterocycles. The normalized spacial score (nSPS) is 12.9. The van der Waals surface area contributed by atoms with E-state index in [9.17, 15) is 0 Å². The molecule has 3 nitrogen and oxygen atoms in total. The van der Waals surface area contributed by atoms with Crippen molar-refractivity contribution in [1.29, 1.82) is 0 Å². The van der Waals surface area contributed by atoms with E-state index >= 15 is 0 Å². The van der Waals surface area contributed by atoms with Crippen molar-refractivity contribution in [3.8, 4) is 0 Å². The molecule has 1 N–H and O–H groups in total. The maximum absolute atomic E-state index is 4.53. The molecule has 0 aromatic carbocycles. The van der Waals surface area contributed by atoms with E-state index in [4.69, 9.17) is 0 Å². The van der Waals surface area contributed by atoms with E-state index < -0.39 is 0 Å². The number of thiophene rings is 1. The van der Waals surface area contributed by atoms with Crippen LogP contribution in [0, 0.1) is 5.92 Å². The highest BCUT2D eigenvalue weighted by Crippen LogP contribution is 2.30. The number of hydrogen-bond donors (Lipinski definition) is 1. The Bertz CT molecular complexity index is 462. The standard InChI is InChI=1S/C13H19N3S2/c1-4-6-11-14-13(18-16-11)15-12(9(2)3)10-7-5-8-17-10/h5,7-9,12H,4,6H2,1-3H3,(H,14,15,16). The summed E-state index contributed by atoms with van der Waals surface area (Å²) in [5.74, 6) is 1.49. The minimum Gasteiger partial charge on any atom is -0.352 e. The first-order valence-corrected chi connectivity index (χ1v) is 7.98. The van der Waals surface area contributed by atoms with Crippen LogP contribution in [-0.2, 0) is 6.42 Å². The third-order valence-electron chi connectivity index (χ3n) is 2.74. The van der Waals surface area contributed by atoms with Crippen molar-refractivity contribution >= 4 is 28.0 Å². The molecule has 2 heterocycles. The molecule has 18 heavy (non-hydrogen) atoms. The van der Waals surface area contributed by atoms with Crippen molar-refractivity contribution in [3.05, 3.63) is 28.2 Å². The van der Waals surface area contributed by atoms with Gasteiger partial charge in [0, 0.05) is 22.8 Å². The molecule has 0 aliphatic carbocycles. The van der Waals surface area contributed by atoms with Gasteiger partial charge < -0.3 is 5.32 Å². The molecule has 0 fully saturated rings. The minimum absolute atomic E-state index is 0.326. The minimum atomic E-state index is 0.326. The summed E-state index contributed by atoms with van der Waals surface area (Å²) < 4.78 is 4.37. The molecule has 0 aliphatic rings. The highest BCUT2D eigenvalue weighted by atomic mass is 32.1. The summed E-state index contributed by atoms with van der Waals surface area (Å²) in [4.78, 5) is 5.89. The zero-order valence-corrected chi connectivity index (χ0v) is 12.6. The highest BCUT2D eigenvalue weighted by Gasteiger charge is 2.18. The van der Waals surface area contributed by atoms with E-state index in [0.717, 1.165) is 23.8 Å². The highest BCUT2D eigenvalue weighted by molar-refractivity contribution is 7.10. The molecule has 0 radical (unpaired) electrons. The zero-order chi connectivity index (χ0) is 13.0. The smallest absolute Gasteiger partial charge is 0.203 e. The summed E-state index contributed by atoms with van der Waals surface area (Å²) in [7, 11) is 0. The van der Waals surface area contributed by atoms with E-state index in [1.54, 1.807) is 11.3 Å². The number of anilines is 1. The van der Waals surface area contributed by atoms with Crippen molar-refractivity contribution in [3.63, 3.8) is 0 Å². The maximum atomic E-state index is 4.53. The van der Waals surface area contributed by atoms with Crippen LogP contribution in [0.25, 0.3) is 0 Å². The Hall–Kier alpha value is -0.940. The third kappa shape index (κ3) is 3.29. The van der Waals surface area contributed by atoms with Crippen LogP contribution < -0.4 is 5.32 Å². The molecular weight excluding hydrogens is 262 g/mol. The molecule has 2 aromatic heterocycles. The maximum Gasteiger partial charge on any atom is 0.203 e. The lowest BCUT2D eigenvalue weighted by atomic mass is 10.0. The fraction of sp³-hybridized carbons (Fsp3) is 0.538. The molecule has 0 amide bonds. The van der Waals surface area contributed by atoms with Gasteiger partial charge in [0.05, 0.1) is 6.04 Å². The Morgan fingerprint density at radius 1 is 1.39 bits per heavy atom. The SMILES string of the molecule is CCCc1nsc(NC(c2cccs2)C(C)C)n1. The summed E-state index contributed by atoms with van der Waals surface area (Å²) in [6, 6.07) is 4.60. The lowest BCUT2D eigenvalue weighted by Crippen LogP contribution is -2.15. The lowest BCUT2D eigenvalue weighted by molar-refractivity contribution is 0.553. The van der Waals surface area contributed by atoms with Crippen LogP contribution in [0.5, 0.6) is 0 Å². The van der Waals surface area contributed by atoms with E-state index in [-0.39, 0.29) is 0 Å². The van der Waals surface area contributed by atoms with Gasteiger partial charge in [0.25, 0.3) is 0 Å². The van der Waals surface area contributed by atoms with Crippen LogP contribution in [0.1, 0.15) is 43.9 Å². The monoisotopic (exact) mass is 281 g/mol. The van der Waals surface area contributed by atoms with E-state index in [1.807, 2.05) is 0 Å². The van der Waals surface area contributed by atoms with Crippen molar-refractivity contribution in [1.82, 2.24) is 9.36 Å². The van der Waals surface area contributed by atoms with Crippen molar-refractivity contribution in [2.45, 2.75) is 39.7 Å². The first-order valence-electron chi connectivity index (χ1n) is 6.33. The Balaban J connectivity index is 2.09. The van der Waals surface area contributed by atoms with Crippen molar-refractivity contribution < 1.29 is 0 Å². The average molecular weight is 281 g/mol. The summed E-state index contributed by atoms with van der Waals surface area (Å²) in [6.07, 6.45) is 2.05. The van der Waals surface area contributed by atoms with Gasteiger partial charge in [-0.05, 0) is 23.8 Å². The topological polar surface area (TPSA) is 37.8 Å². The quantitative estimate of drug-likeness (QED) is 0.854. The van der Waals surface area contributed by atoms with Gasteiger partial charge in [-0.3, -0.25) is 0 Å². The fourth-order valence-electron chi connectivity index (χ4n) is 1.81. The summed E-state index contributed by atoms with van der Waals surface area (Å²) in [5.41, 5.74) is 0. The van der Waals surface area contributed by atoms with Crippen LogP contribution in [0.15, 0.2) is 17.5 Å². The second kappa shape index (κ2) is 6.29. The Labute approximate surface area is 116 Å². The van der Waals surface area contributed by atoms with Gasteiger partial charge in [-0.15, -0.1) is 11.3 Å². The van der Waals surface area contributed by atoms with Gasteiger partial charge in [0.2, 0.25) is 5.13 Å². The van der Waals surface area contributed by atoms with Crippen LogP contribution in [0.3, 0.4) is 0 Å². The number of nitrogens with zero attached hydrogens (tertiary/aromatic N) is 2. The fourth-order valence-corrected chi connectivity index (χ4v) is 3.40. The molecule has 2 rings (SSSR count). The van der Waals surface area contributed by atoms with Crippen LogP contribution in [0.2, 0.25) is 0 Å². The molecule has 0 spiro atoms. The number of nitrogens with one attached hydrogen (secondary N) is 1. The van der Waals surface area contributed by atoms with Gasteiger partial charge in [0.1, 0.15) is 5.82 Å².